The maximum atomic E-state index is 13.7. The third-order valence-corrected chi connectivity index (χ3v) is 14.5. The first-order chi connectivity index (χ1) is 42.0. The van der Waals surface area contributed by atoms with Crippen LogP contribution in [0.25, 0.3) is 11.3 Å². The number of esters is 3. The standard InChI is InChI=1S/C32H31F2N5O6.C31H29F2N5O6/c1-16-18-9-11-23(20(18)8-7-19(16)30(42)45-32(2,3)4)37-29(41)26-13-24(36-27-14-25(31(43)44-5)38-39(26)27)28(40)35-15-17-6-10-21(33)22(34)12-17;1-15-17-8-10-22(19(17)7-6-18(15)30(43)44-31(2,3)4)36-28(40)25-12-23(35-26-13-24(29(41)42)37-38(25)26)27(39)34-14-16-5-9-20(32)21(33)11-16/h6-8,10,12-14,23H,9,11,15H2,1-5H3,(H,35,40)(H,37,41);5-7,9,11-13,22H,8,10,14H2,1-4H3,(H,34,39)(H,36,40)(H,41,42)/t23-;22-/m00/s1. The smallest absolute Gasteiger partial charge is 0.358 e. The Labute approximate surface area is 505 Å². The Balaban J connectivity index is 0.000000211. The predicted octanol–water partition coefficient (Wildman–Crippen LogP) is 8.72. The van der Waals surface area contributed by atoms with Gasteiger partial charge in [-0.2, -0.15) is 10.2 Å². The molecule has 0 radical (unpaired) electrons. The minimum atomic E-state index is -1.35. The van der Waals surface area contributed by atoms with E-state index in [9.17, 15) is 61.0 Å². The second-order valence-corrected chi connectivity index (χ2v) is 23.1. The van der Waals surface area contributed by atoms with Crippen LogP contribution in [-0.2, 0) is 40.1 Å². The number of aromatic nitrogens is 6. The Morgan fingerprint density at radius 1 is 0.528 bits per heavy atom. The molecule has 0 bridgehead atoms. The molecule has 5 N–H and O–H groups in total. The quantitative estimate of drug-likeness (QED) is 0.0386. The van der Waals surface area contributed by atoms with E-state index < -0.39 is 94.1 Å². The number of carbonyl (C=O) groups excluding carboxylic acids is 7. The molecule has 2 aliphatic rings. The summed E-state index contributed by atoms with van der Waals surface area (Å²) in [6, 6.07) is 17.3. The molecule has 10 rings (SSSR count). The van der Waals surface area contributed by atoms with E-state index in [1.807, 2.05) is 13.8 Å². The molecule has 4 aromatic carbocycles. The minimum Gasteiger partial charge on any atom is -0.476 e. The maximum Gasteiger partial charge on any atom is 0.358 e. The number of benzene rings is 4. The fourth-order valence-corrected chi connectivity index (χ4v) is 10.3. The summed E-state index contributed by atoms with van der Waals surface area (Å²) in [5.41, 5.74) is 4.11. The van der Waals surface area contributed by atoms with Crippen molar-refractivity contribution in [3.8, 4) is 0 Å². The zero-order chi connectivity index (χ0) is 64.6. The van der Waals surface area contributed by atoms with Crippen LogP contribution in [0.5, 0.6) is 0 Å². The third kappa shape index (κ3) is 14.1. The van der Waals surface area contributed by atoms with Gasteiger partial charge in [-0.1, -0.05) is 24.3 Å². The van der Waals surface area contributed by atoms with Crippen molar-refractivity contribution in [2.45, 2.75) is 117 Å². The molecule has 0 saturated carbocycles. The van der Waals surface area contributed by atoms with Gasteiger partial charge in [0.25, 0.3) is 23.6 Å². The molecule has 0 spiro atoms. The minimum absolute atomic E-state index is 0.0331. The number of fused-ring (bicyclic) bond motifs is 4. The van der Waals surface area contributed by atoms with Gasteiger partial charge in [-0.25, -0.2) is 55.7 Å². The number of hydrogen-bond acceptors (Lipinski definition) is 15. The lowest BCUT2D eigenvalue weighted by molar-refractivity contribution is 0.00559. The van der Waals surface area contributed by atoms with Crippen molar-refractivity contribution in [1.29, 1.82) is 0 Å². The fourth-order valence-electron chi connectivity index (χ4n) is 10.3. The zero-order valence-electron chi connectivity index (χ0n) is 49.6. The summed E-state index contributed by atoms with van der Waals surface area (Å²) in [6.07, 6.45) is 2.30. The first-order valence-corrected chi connectivity index (χ1v) is 27.9. The summed E-state index contributed by atoms with van der Waals surface area (Å²) in [7, 11) is 1.18. The van der Waals surface area contributed by atoms with Crippen LogP contribution < -0.4 is 21.3 Å². The van der Waals surface area contributed by atoms with Gasteiger partial charge in [-0.3, -0.25) is 19.2 Å². The molecular weight excluding hydrogens is 1160 g/mol. The summed E-state index contributed by atoms with van der Waals surface area (Å²) < 4.78 is 71.8. The van der Waals surface area contributed by atoms with Crippen LogP contribution in [0.3, 0.4) is 0 Å². The molecule has 8 aromatic rings. The molecule has 0 fully saturated rings. The monoisotopic (exact) mass is 1220 g/mol. The molecule has 4 amide bonds. The number of nitrogens with one attached hydrogen (secondary N) is 4. The molecule has 2 atom stereocenters. The lowest BCUT2D eigenvalue weighted by Crippen LogP contribution is -2.31. The Kier molecular flexibility index (Phi) is 17.8. The van der Waals surface area contributed by atoms with Gasteiger partial charge in [0.2, 0.25) is 0 Å². The number of carboxylic acids is 1. The number of methoxy groups -OCH3 is 1. The number of nitrogens with zero attached hydrogens (tertiary/aromatic N) is 6. The van der Waals surface area contributed by atoms with E-state index in [0.717, 1.165) is 72.7 Å². The van der Waals surface area contributed by atoms with E-state index in [2.05, 4.69) is 41.4 Å². The lowest BCUT2D eigenvalue weighted by Gasteiger charge is -2.21. The lowest BCUT2D eigenvalue weighted by atomic mass is 9.97. The molecule has 89 heavy (non-hydrogen) atoms. The Morgan fingerprint density at radius 2 is 0.933 bits per heavy atom. The normalized spacial score (nSPS) is 14.2. The summed E-state index contributed by atoms with van der Waals surface area (Å²) in [5, 5.41) is 28.6. The van der Waals surface area contributed by atoms with Gasteiger partial charge in [-0.15, -0.1) is 0 Å². The van der Waals surface area contributed by atoms with Crippen LogP contribution >= 0.6 is 0 Å². The van der Waals surface area contributed by atoms with E-state index in [-0.39, 0.29) is 58.5 Å². The number of rotatable bonds is 14. The Hall–Kier alpha value is -10.4. The fraction of sp³-hybridized carbons (Fsp3) is 0.302. The number of amides is 4. The summed E-state index contributed by atoms with van der Waals surface area (Å²) in [6.45, 7) is 14.1. The first-order valence-electron chi connectivity index (χ1n) is 27.9. The van der Waals surface area contributed by atoms with Gasteiger partial charge in [0, 0.05) is 37.4 Å². The van der Waals surface area contributed by atoms with Gasteiger partial charge in [-0.05, 0) is 162 Å². The number of aromatic carboxylic acids is 1. The number of halogens is 4. The predicted molar refractivity (Wildman–Crippen MR) is 309 cm³/mol. The summed E-state index contributed by atoms with van der Waals surface area (Å²) in [5.74, 6) is -9.82. The highest BCUT2D eigenvalue weighted by molar-refractivity contribution is 6.01. The SMILES string of the molecule is COC(=O)c1cc2nc(C(=O)NCc3ccc(F)c(F)c3)cc(C(=O)N[C@H]3CCc4c3ccc(C(=O)OC(C)(C)C)c4C)n2n1.Cc1c(C(=O)OC(C)(C)C)ccc2c1CC[C@@H]2NC(=O)c1cc(C(=O)NCc2ccc(F)c(F)c2)nc2cc(C(=O)O)nn12. The van der Waals surface area contributed by atoms with Crippen molar-refractivity contribution in [2.24, 2.45) is 0 Å². The molecule has 4 aromatic heterocycles. The van der Waals surface area contributed by atoms with E-state index in [1.54, 1.807) is 65.8 Å². The van der Waals surface area contributed by atoms with Gasteiger partial charge in [0.15, 0.2) is 46.0 Å². The van der Waals surface area contributed by atoms with Gasteiger partial charge in [0.1, 0.15) is 34.0 Å². The largest absolute Gasteiger partial charge is 0.476 e. The van der Waals surface area contributed by atoms with Crippen LogP contribution in [0.4, 0.5) is 17.6 Å². The van der Waals surface area contributed by atoms with E-state index >= 15 is 0 Å². The van der Waals surface area contributed by atoms with Crippen molar-refractivity contribution in [3.63, 3.8) is 0 Å². The van der Waals surface area contributed by atoms with Crippen molar-refractivity contribution >= 4 is 58.8 Å². The molecule has 462 valence electrons. The molecule has 0 saturated heterocycles. The van der Waals surface area contributed by atoms with Crippen molar-refractivity contribution in [1.82, 2.24) is 50.5 Å². The molecule has 2 aliphatic carbocycles. The van der Waals surface area contributed by atoms with Crippen LogP contribution in [0.2, 0.25) is 0 Å². The van der Waals surface area contributed by atoms with Gasteiger partial charge >= 0.3 is 23.9 Å². The topological polar surface area (TPSA) is 293 Å². The highest BCUT2D eigenvalue weighted by atomic mass is 19.2. The van der Waals surface area contributed by atoms with Crippen LogP contribution in [0.15, 0.2) is 84.9 Å². The van der Waals surface area contributed by atoms with Crippen LogP contribution in [0, 0.1) is 37.1 Å². The average Bonchev–Trinajstić information content (AvgIpc) is 1.78. The molecule has 22 nitrogen and oxygen atoms in total. The Bertz CT molecular complexity index is 4240. The zero-order valence-corrected chi connectivity index (χ0v) is 49.6. The number of hydrogen-bond donors (Lipinski definition) is 5. The molecule has 26 heteroatoms. The van der Waals surface area contributed by atoms with Gasteiger partial charge < -0.3 is 40.6 Å². The molecular formula is C63H60F4N10O12. The highest BCUT2D eigenvalue weighted by Crippen LogP contribution is 2.37. The van der Waals surface area contributed by atoms with Crippen molar-refractivity contribution < 1.29 is 75.2 Å². The number of carbonyl (C=O) groups is 8. The molecule has 4 heterocycles. The first kappa shape index (κ1) is 63.1. The average molecular weight is 1230 g/mol. The molecule has 0 unspecified atom stereocenters. The Morgan fingerprint density at radius 3 is 1.31 bits per heavy atom. The summed E-state index contributed by atoms with van der Waals surface area (Å²) in [4.78, 5) is 111. The van der Waals surface area contributed by atoms with Gasteiger partial charge in [0.05, 0.1) is 30.3 Å². The maximum absolute atomic E-state index is 13.7. The second-order valence-electron chi connectivity index (χ2n) is 23.1. The van der Waals surface area contributed by atoms with Crippen LogP contribution in [0.1, 0.15) is 195 Å². The number of ether oxygens (including phenoxy) is 3. The molecule has 0 aliphatic heterocycles. The van der Waals surface area contributed by atoms with Crippen molar-refractivity contribution in [2.75, 3.05) is 7.11 Å². The highest BCUT2D eigenvalue weighted by Gasteiger charge is 2.33. The van der Waals surface area contributed by atoms with Crippen LogP contribution in [-0.4, -0.2) is 100 Å². The second kappa shape index (κ2) is 25.1. The van der Waals surface area contributed by atoms with E-state index in [4.69, 9.17) is 14.2 Å². The summed E-state index contributed by atoms with van der Waals surface area (Å²) >= 11 is 0. The number of carboxylic acid groups (broad SMARTS) is 1. The van der Waals surface area contributed by atoms with E-state index in [0.29, 0.717) is 47.9 Å². The van der Waals surface area contributed by atoms with Crippen molar-refractivity contribution in [3.05, 3.63) is 198 Å². The third-order valence-electron chi connectivity index (χ3n) is 14.5. The van der Waals surface area contributed by atoms with E-state index in [1.165, 1.54) is 37.4 Å².